The number of ether oxygens (including phenoxy) is 1. The van der Waals surface area contributed by atoms with Crippen molar-refractivity contribution in [3.63, 3.8) is 0 Å². The molecule has 1 aliphatic rings. The first-order valence-electron chi connectivity index (χ1n) is 6.64. The van der Waals surface area contributed by atoms with Crippen LogP contribution in [0.25, 0.3) is 11.3 Å². The van der Waals surface area contributed by atoms with Gasteiger partial charge in [0.2, 0.25) is 11.6 Å². The van der Waals surface area contributed by atoms with Crippen LogP contribution in [0.4, 0.5) is 0 Å². The quantitative estimate of drug-likeness (QED) is 0.678. The summed E-state index contributed by atoms with van der Waals surface area (Å²) >= 11 is 0. The molecule has 1 aliphatic carbocycles. The fraction of sp³-hybridized carbons (Fsp3) is 0.188. The molecule has 0 fully saturated rings. The Morgan fingerprint density at radius 1 is 1.14 bits per heavy atom. The zero-order valence-corrected chi connectivity index (χ0v) is 11.6. The van der Waals surface area contributed by atoms with E-state index in [0.717, 1.165) is 0 Å². The lowest BCUT2D eigenvalue weighted by atomic mass is 9.86. The number of rotatable bonds is 2. The molecule has 0 saturated heterocycles. The largest absolute Gasteiger partial charge is 0.462 e. The van der Waals surface area contributed by atoms with E-state index in [1.165, 1.54) is 0 Å². The summed E-state index contributed by atoms with van der Waals surface area (Å²) in [5.41, 5.74) is 2.30. The second kappa shape index (κ2) is 4.70. The standard InChI is InChI=1S/C16H13NO4/c1-3-21-16(20)11-8(2)17-13-9-6-4-5-7-10(9)14(18)15(19)12(11)13/h4-7,17H,3H2,1-2H3. The predicted molar refractivity (Wildman–Crippen MR) is 75.6 cm³/mol. The minimum atomic E-state index is -0.670. The van der Waals surface area contributed by atoms with Crippen molar-refractivity contribution in [3.05, 3.63) is 46.6 Å². The van der Waals surface area contributed by atoms with E-state index in [4.69, 9.17) is 4.74 Å². The minimum absolute atomic E-state index is 0.120. The number of H-pyrrole nitrogens is 1. The highest BCUT2D eigenvalue weighted by molar-refractivity contribution is 6.53. The van der Waals surface area contributed by atoms with Gasteiger partial charge in [0.1, 0.15) is 0 Å². The van der Waals surface area contributed by atoms with Gasteiger partial charge in [0.15, 0.2) is 0 Å². The highest BCUT2D eigenvalue weighted by Gasteiger charge is 2.37. The molecule has 1 aromatic carbocycles. The number of carbonyl (C=O) groups excluding carboxylic acids is 3. The van der Waals surface area contributed by atoms with E-state index in [-0.39, 0.29) is 17.7 Å². The number of aromatic amines is 1. The number of aryl methyl sites for hydroxylation is 1. The summed E-state index contributed by atoms with van der Waals surface area (Å²) in [4.78, 5) is 39.6. The fourth-order valence-electron chi connectivity index (χ4n) is 2.65. The van der Waals surface area contributed by atoms with E-state index < -0.39 is 17.5 Å². The Morgan fingerprint density at radius 2 is 1.81 bits per heavy atom. The Hall–Kier alpha value is -2.69. The molecule has 0 radical (unpaired) electrons. The smallest absolute Gasteiger partial charge is 0.340 e. The van der Waals surface area contributed by atoms with Crippen LogP contribution in [0.5, 0.6) is 0 Å². The van der Waals surface area contributed by atoms with Crippen LogP contribution in [0.15, 0.2) is 24.3 Å². The monoisotopic (exact) mass is 283 g/mol. The molecule has 0 spiro atoms. The fourth-order valence-corrected chi connectivity index (χ4v) is 2.65. The Morgan fingerprint density at radius 3 is 2.48 bits per heavy atom. The summed E-state index contributed by atoms with van der Waals surface area (Å²) < 4.78 is 4.98. The number of Topliss-reactive ketones (excluding diaryl/α,β-unsaturated/α-hetero) is 2. The molecule has 0 unspecified atom stereocenters. The molecular weight excluding hydrogens is 270 g/mol. The first-order valence-corrected chi connectivity index (χ1v) is 6.64. The molecule has 2 aromatic rings. The molecule has 1 N–H and O–H groups in total. The average Bonchev–Trinajstić information content (AvgIpc) is 2.83. The lowest BCUT2D eigenvalue weighted by Crippen LogP contribution is -2.23. The Bertz CT molecular complexity index is 786. The van der Waals surface area contributed by atoms with Gasteiger partial charge in [0.25, 0.3) is 0 Å². The number of nitrogens with one attached hydrogen (secondary N) is 1. The zero-order valence-electron chi connectivity index (χ0n) is 11.6. The van der Waals surface area contributed by atoms with Crippen LogP contribution in [0.3, 0.4) is 0 Å². The molecule has 0 aliphatic heterocycles. The number of carbonyl (C=O) groups is 3. The molecule has 106 valence electrons. The van der Waals surface area contributed by atoms with E-state index >= 15 is 0 Å². The van der Waals surface area contributed by atoms with Gasteiger partial charge in [-0.2, -0.15) is 0 Å². The molecule has 0 atom stereocenters. The molecular formula is C16H13NO4. The van der Waals surface area contributed by atoms with Gasteiger partial charge in [-0.1, -0.05) is 24.3 Å². The number of hydrogen-bond acceptors (Lipinski definition) is 4. The topological polar surface area (TPSA) is 76.2 Å². The number of fused-ring (bicyclic) bond motifs is 3. The lowest BCUT2D eigenvalue weighted by molar-refractivity contribution is 0.0523. The van der Waals surface area contributed by atoms with Crippen LogP contribution in [0.1, 0.15) is 43.7 Å². The Balaban J connectivity index is 2.30. The average molecular weight is 283 g/mol. The summed E-state index contributed by atoms with van der Waals surface area (Å²) in [5.74, 6) is -1.85. The van der Waals surface area contributed by atoms with Crippen molar-refractivity contribution >= 4 is 17.5 Å². The van der Waals surface area contributed by atoms with Gasteiger partial charge in [-0.25, -0.2) is 4.79 Å². The van der Waals surface area contributed by atoms with Gasteiger partial charge in [0, 0.05) is 16.8 Å². The molecule has 1 aromatic heterocycles. The van der Waals surface area contributed by atoms with Crippen LogP contribution in [0, 0.1) is 6.92 Å². The van der Waals surface area contributed by atoms with Gasteiger partial charge >= 0.3 is 5.97 Å². The summed E-state index contributed by atoms with van der Waals surface area (Å²) in [6.07, 6.45) is 0. The van der Waals surface area contributed by atoms with Crippen molar-refractivity contribution in [2.75, 3.05) is 6.61 Å². The van der Waals surface area contributed by atoms with Crippen molar-refractivity contribution in [1.29, 1.82) is 0 Å². The van der Waals surface area contributed by atoms with E-state index in [2.05, 4.69) is 4.98 Å². The predicted octanol–water partition coefficient (Wildman–Crippen LogP) is 2.55. The van der Waals surface area contributed by atoms with Crippen molar-refractivity contribution in [3.8, 4) is 11.3 Å². The molecule has 3 rings (SSSR count). The van der Waals surface area contributed by atoms with Gasteiger partial charge in [0.05, 0.1) is 23.4 Å². The normalized spacial score (nSPS) is 12.9. The number of aromatic nitrogens is 1. The third kappa shape index (κ3) is 1.81. The molecule has 21 heavy (non-hydrogen) atoms. The van der Waals surface area contributed by atoms with Gasteiger partial charge < -0.3 is 9.72 Å². The van der Waals surface area contributed by atoms with Crippen molar-refractivity contribution in [1.82, 2.24) is 4.98 Å². The minimum Gasteiger partial charge on any atom is -0.462 e. The highest BCUT2D eigenvalue weighted by atomic mass is 16.5. The van der Waals surface area contributed by atoms with Crippen LogP contribution in [-0.4, -0.2) is 29.1 Å². The first kappa shape index (κ1) is 13.3. The summed E-state index contributed by atoms with van der Waals surface area (Å²) in [7, 11) is 0. The van der Waals surface area contributed by atoms with Gasteiger partial charge in [-0.05, 0) is 13.8 Å². The molecule has 5 nitrogen and oxygen atoms in total. The number of esters is 1. The van der Waals surface area contributed by atoms with Crippen LogP contribution >= 0.6 is 0 Å². The SMILES string of the molecule is CCOC(=O)c1c(C)[nH]c2c1C(=O)C(=O)c1ccccc1-2. The number of ketones is 2. The number of hydrogen-bond donors (Lipinski definition) is 1. The third-order valence-electron chi connectivity index (χ3n) is 3.54. The van der Waals surface area contributed by atoms with E-state index in [1.807, 2.05) is 0 Å². The summed E-state index contributed by atoms with van der Waals surface area (Å²) in [5, 5.41) is 0. The molecule has 0 amide bonds. The van der Waals surface area contributed by atoms with E-state index in [9.17, 15) is 14.4 Å². The second-order valence-electron chi connectivity index (χ2n) is 4.80. The van der Waals surface area contributed by atoms with Crippen molar-refractivity contribution < 1.29 is 19.1 Å². The molecule has 0 saturated carbocycles. The summed E-state index contributed by atoms with van der Waals surface area (Å²) in [6, 6.07) is 6.85. The third-order valence-corrected chi connectivity index (χ3v) is 3.54. The Kier molecular flexibility index (Phi) is 2.97. The maximum atomic E-state index is 12.3. The van der Waals surface area contributed by atoms with Crippen LogP contribution in [-0.2, 0) is 4.74 Å². The Labute approximate surface area is 120 Å². The zero-order chi connectivity index (χ0) is 15.1. The number of benzene rings is 1. The second-order valence-corrected chi connectivity index (χ2v) is 4.80. The van der Waals surface area contributed by atoms with E-state index in [0.29, 0.717) is 22.5 Å². The van der Waals surface area contributed by atoms with Gasteiger partial charge in [-0.3, -0.25) is 9.59 Å². The van der Waals surface area contributed by atoms with Gasteiger partial charge in [-0.15, -0.1) is 0 Å². The molecule has 1 heterocycles. The van der Waals surface area contributed by atoms with Crippen LogP contribution < -0.4 is 0 Å². The molecule has 5 heteroatoms. The maximum absolute atomic E-state index is 12.3. The van der Waals surface area contributed by atoms with Crippen molar-refractivity contribution in [2.24, 2.45) is 0 Å². The summed E-state index contributed by atoms with van der Waals surface area (Å²) in [6.45, 7) is 3.58. The first-order chi connectivity index (χ1) is 10.1. The van der Waals surface area contributed by atoms with E-state index in [1.54, 1.807) is 38.1 Å². The van der Waals surface area contributed by atoms with Crippen molar-refractivity contribution in [2.45, 2.75) is 13.8 Å². The molecule has 0 bridgehead atoms. The highest BCUT2D eigenvalue weighted by Crippen LogP contribution is 2.36. The van der Waals surface area contributed by atoms with Crippen LogP contribution in [0.2, 0.25) is 0 Å². The lowest BCUT2D eigenvalue weighted by Gasteiger charge is -2.14. The maximum Gasteiger partial charge on any atom is 0.340 e.